The van der Waals surface area contributed by atoms with Crippen molar-refractivity contribution in [1.29, 1.82) is 0 Å². The van der Waals surface area contributed by atoms with E-state index < -0.39 is 12.3 Å². The minimum absolute atomic E-state index is 0.0129. The summed E-state index contributed by atoms with van der Waals surface area (Å²) in [4.78, 5) is 27.8. The summed E-state index contributed by atoms with van der Waals surface area (Å²) in [6.07, 6.45) is -4.74. The number of carbonyl (C=O) groups excluding carboxylic acids is 2. The lowest BCUT2D eigenvalue weighted by Gasteiger charge is -2.29. The van der Waals surface area contributed by atoms with E-state index in [4.69, 9.17) is 9.47 Å². The van der Waals surface area contributed by atoms with Gasteiger partial charge in [0.25, 0.3) is 0 Å². The Kier molecular flexibility index (Phi) is 9.40. The average Bonchev–Trinajstić information content (AvgIpc) is 2.86. The number of amides is 2. The van der Waals surface area contributed by atoms with E-state index in [2.05, 4.69) is 15.4 Å². The number of morpholine rings is 1. The number of anilines is 1. The van der Waals surface area contributed by atoms with Gasteiger partial charge in [0.1, 0.15) is 11.5 Å². The minimum Gasteiger partial charge on any atom is -0.497 e. The normalized spacial score (nSPS) is 15.5. The molecule has 0 aliphatic carbocycles. The number of benzene rings is 2. The Hall–Kier alpha value is -3.47. The summed E-state index contributed by atoms with van der Waals surface area (Å²) >= 11 is 0. The van der Waals surface area contributed by atoms with Gasteiger partial charge in [-0.2, -0.15) is 0 Å². The Labute approximate surface area is 207 Å². The number of ether oxygens (including phenoxy) is 3. The van der Waals surface area contributed by atoms with Crippen molar-refractivity contribution in [2.45, 2.75) is 31.7 Å². The van der Waals surface area contributed by atoms with E-state index in [1.165, 1.54) is 24.3 Å². The van der Waals surface area contributed by atoms with Gasteiger partial charge in [-0.15, -0.1) is 13.2 Å². The molecule has 2 amide bonds. The van der Waals surface area contributed by atoms with Crippen LogP contribution in [0, 0.1) is 0 Å². The zero-order chi connectivity index (χ0) is 26.1. The summed E-state index contributed by atoms with van der Waals surface area (Å²) < 4.78 is 51.3. The van der Waals surface area contributed by atoms with E-state index in [1.807, 2.05) is 0 Å². The maximum atomic E-state index is 13.2. The van der Waals surface area contributed by atoms with Crippen LogP contribution in [0.1, 0.15) is 24.8 Å². The molecule has 36 heavy (non-hydrogen) atoms. The highest BCUT2D eigenvalue weighted by Crippen LogP contribution is 2.25. The smallest absolute Gasteiger partial charge is 0.497 e. The number of halogens is 3. The van der Waals surface area contributed by atoms with Gasteiger partial charge in [0.05, 0.1) is 26.2 Å². The molecule has 0 spiro atoms. The Morgan fingerprint density at radius 2 is 1.64 bits per heavy atom. The molecule has 1 saturated heterocycles. The summed E-state index contributed by atoms with van der Waals surface area (Å²) in [5.41, 5.74) is 1.26. The lowest BCUT2D eigenvalue weighted by molar-refractivity contribution is -0.274. The van der Waals surface area contributed by atoms with Crippen molar-refractivity contribution in [2.24, 2.45) is 0 Å². The number of rotatable bonds is 10. The average molecular weight is 510 g/mol. The van der Waals surface area contributed by atoms with Crippen LogP contribution in [0.5, 0.6) is 11.5 Å². The molecular weight excluding hydrogens is 479 g/mol. The molecule has 2 atom stereocenters. The second kappa shape index (κ2) is 12.5. The fraction of sp³-hybridized carbons (Fsp3) is 0.440. The van der Waals surface area contributed by atoms with Crippen molar-refractivity contribution >= 4 is 17.5 Å². The summed E-state index contributed by atoms with van der Waals surface area (Å²) in [5, 5.41) is 6.00. The molecule has 1 aliphatic rings. The number of hydrogen-bond acceptors (Lipinski definition) is 6. The summed E-state index contributed by atoms with van der Waals surface area (Å²) in [7, 11) is 1.55. The molecule has 3 rings (SSSR count). The molecule has 196 valence electrons. The van der Waals surface area contributed by atoms with Crippen molar-refractivity contribution in [3.05, 3.63) is 54.1 Å². The van der Waals surface area contributed by atoms with Crippen LogP contribution in [0.4, 0.5) is 18.9 Å². The Balaban J connectivity index is 1.61. The van der Waals surface area contributed by atoms with Gasteiger partial charge in [-0.1, -0.05) is 12.1 Å². The van der Waals surface area contributed by atoms with Gasteiger partial charge in [-0.3, -0.25) is 9.59 Å². The predicted octanol–water partition coefficient (Wildman–Crippen LogP) is 3.54. The molecular formula is C25H30F3N3O5. The lowest BCUT2D eigenvalue weighted by Crippen LogP contribution is -2.44. The number of nitrogens with one attached hydrogen (secondary N) is 2. The summed E-state index contributed by atoms with van der Waals surface area (Å²) in [6, 6.07) is 12.0. The van der Waals surface area contributed by atoms with Crippen LogP contribution in [-0.2, 0) is 14.3 Å². The second-order valence-corrected chi connectivity index (χ2v) is 8.39. The summed E-state index contributed by atoms with van der Waals surface area (Å²) in [6.45, 7) is 4.03. The first-order chi connectivity index (χ1) is 17.1. The van der Waals surface area contributed by atoms with Crippen LogP contribution in [0.3, 0.4) is 0 Å². The third-order valence-corrected chi connectivity index (χ3v) is 5.67. The minimum atomic E-state index is -4.75. The van der Waals surface area contributed by atoms with Crippen LogP contribution < -0.4 is 20.1 Å². The maximum absolute atomic E-state index is 13.2. The number of alkyl halides is 3. The third-order valence-electron chi connectivity index (χ3n) is 5.67. The molecule has 0 bridgehead atoms. The van der Waals surface area contributed by atoms with Crippen LogP contribution in [0.2, 0.25) is 0 Å². The van der Waals surface area contributed by atoms with Gasteiger partial charge in [0.2, 0.25) is 11.8 Å². The fourth-order valence-electron chi connectivity index (χ4n) is 3.75. The van der Waals surface area contributed by atoms with Gasteiger partial charge in [0, 0.05) is 37.8 Å². The third kappa shape index (κ3) is 8.33. The van der Waals surface area contributed by atoms with E-state index in [0.29, 0.717) is 49.8 Å². The summed E-state index contributed by atoms with van der Waals surface area (Å²) in [5.74, 6) is -0.804. The van der Waals surface area contributed by atoms with Gasteiger partial charge >= 0.3 is 6.36 Å². The first-order valence-electron chi connectivity index (χ1n) is 11.5. The number of carbonyl (C=O) groups is 2. The van der Waals surface area contributed by atoms with Crippen LogP contribution in [0.15, 0.2) is 48.5 Å². The molecule has 1 heterocycles. The lowest BCUT2D eigenvalue weighted by atomic mass is 9.93. The fourth-order valence-corrected chi connectivity index (χ4v) is 3.75. The van der Waals surface area contributed by atoms with E-state index in [1.54, 1.807) is 43.2 Å². The zero-order valence-electron chi connectivity index (χ0n) is 20.1. The zero-order valence-corrected chi connectivity index (χ0v) is 20.1. The Morgan fingerprint density at radius 3 is 2.22 bits per heavy atom. The van der Waals surface area contributed by atoms with E-state index >= 15 is 0 Å². The van der Waals surface area contributed by atoms with Crippen LogP contribution >= 0.6 is 0 Å². The second-order valence-electron chi connectivity index (χ2n) is 8.39. The van der Waals surface area contributed by atoms with E-state index in [-0.39, 0.29) is 30.0 Å². The molecule has 2 aromatic carbocycles. The highest BCUT2D eigenvalue weighted by molar-refractivity contribution is 5.90. The van der Waals surface area contributed by atoms with Gasteiger partial charge in [0.15, 0.2) is 0 Å². The molecule has 1 aliphatic heterocycles. The number of methoxy groups -OCH3 is 1. The topological polar surface area (TPSA) is 89.1 Å². The van der Waals surface area contributed by atoms with Crippen LogP contribution in [0.25, 0.3) is 0 Å². The van der Waals surface area contributed by atoms with Crippen molar-refractivity contribution < 1.29 is 37.0 Å². The molecule has 1 fully saturated rings. The Morgan fingerprint density at radius 1 is 1.03 bits per heavy atom. The predicted molar refractivity (Wildman–Crippen MR) is 127 cm³/mol. The molecule has 2 aromatic rings. The highest BCUT2D eigenvalue weighted by atomic mass is 19.4. The highest BCUT2D eigenvalue weighted by Gasteiger charge is 2.31. The van der Waals surface area contributed by atoms with E-state index in [0.717, 1.165) is 0 Å². The van der Waals surface area contributed by atoms with Gasteiger partial charge in [-0.25, -0.2) is 0 Å². The van der Waals surface area contributed by atoms with Crippen molar-refractivity contribution in [2.75, 3.05) is 45.3 Å². The van der Waals surface area contributed by atoms with Gasteiger partial charge in [-0.05, 0) is 48.9 Å². The SMILES string of the molecule is COc1ccc(C(CC(=O)N2CCOCC2)C(=O)NC(C)CNc2ccc(OC(F)(F)F)cc2)cc1. The van der Waals surface area contributed by atoms with Crippen molar-refractivity contribution in [1.82, 2.24) is 10.2 Å². The monoisotopic (exact) mass is 509 g/mol. The molecule has 11 heteroatoms. The quantitative estimate of drug-likeness (QED) is 0.510. The molecule has 8 nitrogen and oxygen atoms in total. The standard InChI is InChI=1S/C25H30F3N3O5/c1-17(16-29-19-5-9-21(10-6-19)36-25(26,27)28)30-24(33)22(18-3-7-20(34-2)8-4-18)15-23(32)31-11-13-35-14-12-31/h3-10,17,22,29H,11-16H2,1-2H3,(H,30,33). The van der Waals surface area contributed by atoms with E-state index in [9.17, 15) is 22.8 Å². The number of hydrogen-bond donors (Lipinski definition) is 2. The van der Waals surface area contributed by atoms with Crippen molar-refractivity contribution in [3.8, 4) is 11.5 Å². The molecule has 0 aromatic heterocycles. The maximum Gasteiger partial charge on any atom is 0.573 e. The first-order valence-corrected chi connectivity index (χ1v) is 11.5. The number of nitrogens with zero attached hydrogens (tertiary/aromatic N) is 1. The molecule has 0 saturated carbocycles. The van der Waals surface area contributed by atoms with Crippen LogP contribution in [-0.4, -0.2) is 69.1 Å². The molecule has 2 unspecified atom stereocenters. The first kappa shape index (κ1) is 27.1. The largest absolute Gasteiger partial charge is 0.573 e. The van der Waals surface area contributed by atoms with Gasteiger partial charge < -0.3 is 29.7 Å². The van der Waals surface area contributed by atoms with Crippen molar-refractivity contribution in [3.63, 3.8) is 0 Å². The molecule has 2 N–H and O–H groups in total. The Bertz CT molecular complexity index is 993. The molecule has 0 radical (unpaired) electrons.